The average molecular weight is 442 g/mol. The second-order valence-corrected chi connectivity index (χ2v) is 6.85. The van der Waals surface area contributed by atoms with E-state index in [-0.39, 0.29) is 0 Å². The van der Waals surface area contributed by atoms with E-state index in [2.05, 4.69) is 43.4 Å². The van der Waals surface area contributed by atoms with Crippen LogP contribution < -0.4 is 10.1 Å². The van der Waals surface area contributed by atoms with Gasteiger partial charge in [0.25, 0.3) is 0 Å². The van der Waals surface area contributed by atoms with E-state index in [4.69, 9.17) is 15.3 Å². The molecule has 0 bridgehead atoms. The smallest absolute Gasteiger partial charge is 0.230 e. The molecule has 6 nitrogen and oxygen atoms in total. The highest BCUT2D eigenvalue weighted by Crippen LogP contribution is 2.35. The van der Waals surface area contributed by atoms with Crippen molar-refractivity contribution in [1.29, 1.82) is 10.5 Å². The summed E-state index contributed by atoms with van der Waals surface area (Å²) in [6.07, 6.45) is 1.60. The first-order valence-electron chi connectivity index (χ1n) is 8.57. The van der Waals surface area contributed by atoms with Crippen molar-refractivity contribution in [2.24, 2.45) is 0 Å². The van der Waals surface area contributed by atoms with Crippen molar-refractivity contribution in [2.75, 3.05) is 5.32 Å². The zero-order chi connectivity index (χ0) is 20.2. The SMILES string of the molecule is N#Cc1ccc(Nc2nccc(Oc3ccc4cc(C#N)ccc4c3Br)n2)cc1. The van der Waals surface area contributed by atoms with E-state index in [0.717, 1.165) is 20.9 Å². The van der Waals surface area contributed by atoms with Crippen LogP contribution in [0.4, 0.5) is 11.6 Å². The quantitative estimate of drug-likeness (QED) is 0.438. The summed E-state index contributed by atoms with van der Waals surface area (Å²) in [7, 11) is 0. The van der Waals surface area contributed by atoms with Crippen molar-refractivity contribution < 1.29 is 4.74 Å². The van der Waals surface area contributed by atoms with Crippen molar-refractivity contribution in [1.82, 2.24) is 9.97 Å². The summed E-state index contributed by atoms with van der Waals surface area (Å²) in [6.45, 7) is 0. The molecule has 0 aliphatic rings. The monoisotopic (exact) mass is 441 g/mol. The molecule has 1 aromatic heterocycles. The fraction of sp³-hybridized carbons (Fsp3) is 0. The predicted molar refractivity (Wildman–Crippen MR) is 113 cm³/mol. The van der Waals surface area contributed by atoms with Gasteiger partial charge in [-0.3, -0.25) is 0 Å². The van der Waals surface area contributed by atoms with Crippen LogP contribution in [0.2, 0.25) is 0 Å². The van der Waals surface area contributed by atoms with Crippen LogP contribution in [0.25, 0.3) is 10.8 Å². The van der Waals surface area contributed by atoms with Crippen molar-refractivity contribution in [2.45, 2.75) is 0 Å². The highest BCUT2D eigenvalue weighted by Gasteiger charge is 2.10. The zero-order valence-electron chi connectivity index (χ0n) is 14.9. The van der Waals surface area contributed by atoms with Crippen molar-refractivity contribution >= 4 is 38.3 Å². The molecule has 0 unspecified atom stereocenters. The molecule has 0 atom stereocenters. The Morgan fingerprint density at radius 2 is 1.66 bits per heavy atom. The van der Waals surface area contributed by atoms with Crippen LogP contribution in [0.1, 0.15) is 11.1 Å². The second-order valence-electron chi connectivity index (χ2n) is 6.06. The van der Waals surface area contributed by atoms with Crippen LogP contribution >= 0.6 is 15.9 Å². The lowest BCUT2D eigenvalue weighted by Crippen LogP contribution is -1.98. The molecule has 0 amide bonds. The predicted octanol–water partition coefficient (Wildman–Crippen LogP) is 5.67. The van der Waals surface area contributed by atoms with Gasteiger partial charge in [-0.1, -0.05) is 12.1 Å². The number of hydrogen-bond acceptors (Lipinski definition) is 6. The van der Waals surface area contributed by atoms with Gasteiger partial charge < -0.3 is 10.1 Å². The summed E-state index contributed by atoms with van der Waals surface area (Å²) < 4.78 is 6.72. The number of nitrogens with one attached hydrogen (secondary N) is 1. The molecule has 0 aliphatic heterocycles. The molecule has 4 aromatic rings. The summed E-state index contributed by atoms with van der Waals surface area (Å²) in [4.78, 5) is 8.58. The maximum atomic E-state index is 9.05. The molecule has 0 saturated heterocycles. The first-order chi connectivity index (χ1) is 14.2. The summed E-state index contributed by atoms with van der Waals surface area (Å²) in [5.74, 6) is 1.36. The molecule has 29 heavy (non-hydrogen) atoms. The largest absolute Gasteiger partial charge is 0.438 e. The number of aromatic nitrogens is 2. The van der Waals surface area contributed by atoms with E-state index in [0.29, 0.717) is 28.7 Å². The number of anilines is 2. The Bertz CT molecular complexity index is 1290. The standard InChI is InChI=1S/C22H12BrN5O/c23-21-18-7-3-15(13-25)11-16(18)4-8-19(21)29-20-9-10-26-22(28-20)27-17-5-1-14(12-24)2-6-17/h1-11H,(H,26,27,28). The third-order valence-electron chi connectivity index (χ3n) is 4.16. The summed E-state index contributed by atoms with van der Waals surface area (Å²) in [6, 6.07) is 22.1. The molecular weight excluding hydrogens is 430 g/mol. The van der Waals surface area contributed by atoms with E-state index in [1.54, 1.807) is 42.6 Å². The molecule has 1 N–H and O–H groups in total. The van der Waals surface area contributed by atoms with Gasteiger partial charge in [-0.15, -0.1) is 0 Å². The number of benzene rings is 3. The number of halogens is 1. The van der Waals surface area contributed by atoms with Crippen LogP contribution in [-0.2, 0) is 0 Å². The van der Waals surface area contributed by atoms with Gasteiger partial charge in [-0.2, -0.15) is 15.5 Å². The molecule has 0 radical (unpaired) electrons. The first-order valence-corrected chi connectivity index (χ1v) is 9.36. The van der Waals surface area contributed by atoms with E-state index >= 15 is 0 Å². The summed E-state index contributed by atoms with van der Waals surface area (Å²) in [5, 5.41) is 22.9. The molecule has 3 aromatic carbocycles. The Kier molecular flexibility index (Phi) is 5.07. The van der Waals surface area contributed by atoms with Crippen LogP contribution in [0.3, 0.4) is 0 Å². The van der Waals surface area contributed by atoms with Gasteiger partial charge in [0.1, 0.15) is 5.75 Å². The van der Waals surface area contributed by atoms with Gasteiger partial charge in [0.15, 0.2) is 0 Å². The maximum absolute atomic E-state index is 9.05. The minimum Gasteiger partial charge on any atom is -0.438 e. The van der Waals surface area contributed by atoms with Gasteiger partial charge in [-0.05, 0) is 69.2 Å². The van der Waals surface area contributed by atoms with Crippen LogP contribution in [-0.4, -0.2) is 9.97 Å². The number of nitrogens with zero attached hydrogens (tertiary/aromatic N) is 4. The molecule has 4 rings (SSSR count). The molecule has 1 heterocycles. The van der Waals surface area contributed by atoms with E-state index in [9.17, 15) is 0 Å². The summed E-state index contributed by atoms with van der Waals surface area (Å²) >= 11 is 3.58. The molecule has 7 heteroatoms. The van der Waals surface area contributed by atoms with Gasteiger partial charge in [0.2, 0.25) is 11.8 Å². The van der Waals surface area contributed by atoms with E-state index < -0.39 is 0 Å². The Labute approximate surface area is 175 Å². The summed E-state index contributed by atoms with van der Waals surface area (Å²) in [5.41, 5.74) is 1.95. The number of ether oxygens (including phenoxy) is 1. The van der Waals surface area contributed by atoms with E-state index in [1.165, 1.54) is 0 Å². The van der Waals surface area contributed by atoms with Crippen molar-refractivity contribution in [3.8, 4) is 23.8 Å². The fourth-order valence-electron chi connectivity index (χ4n) is 2.75. The van der Waals surface area contributed by atoms with Crippen LogP contribution in [0.5, 0.6) is 11.6 Å². The fourth-order valence-corrected chi connectivity index (χ4v) is 3.32. The first kappa shape index (κ1) is 18.4. The molecular formula is C22H12BrN5O. The maximum Gasteiger partial charge on any atom is 0.230 e. The van der Waals surface area contributed by atoms with Crippen LogP contribution in [0, 0.1) is 22.7 Å². The Balaban J connectivity index is 1.58. The number of rotatable bonds is 4. The van der Waals surface area contributed by atoms with Gasteiger partial charge in [0.05, 0.1) is 27.7 Å². The Morgan fingerprint density at radius 1 is 0.897 bits per heavy atom. The topological polar surface area (TPSA) is 94.6 Å². The zero-order valence-corrected chi connectivity index (χ0v) is 16.5. The van der Waals surface area contributed by atoms with Gasteiger partial charge in [0, 0.05) is 18.0 Å². The molecule has 0 saturated carbocycles. The normalized spacial score (nSPS) is 10.2. The molecule has 0 fully saturated rings. The van der Waals surface area contributed by atoms with Gasteiger partial charge >= 0.3 is 0 Å². The number of fused-ring (bicyclic) bond motifs is 1. The third-order valence-corrected chi connectivity index (χ3v) is 4.98. The average Bonchev–Trinajstić information content (AvgIpc) is 2.76. The van der Waals surface area contributed by atoms with Crippen molar-refractivity contribution in [3.05, 3.63) is 82.5 Å². The van der Waals surface area contributed by atoms with Gasteiger partial charge in [-0.25, -0.2) is 4.98 Å². The molecule has 0 spiro atoms. The minimum absolute atomic E-state index is 0.378. The lowest BCUT2D eigenvalue weighted by Gasteiger charge is -2.11. The van der Waals surface area contributed by atoms with Crippen molar-refractivity contribution in [3.63, 3.8) is 0 Å². The Hall–Kier alpha value is -3.94. The Morgan fingerprint density at radius 3 is 2.41 bits per heavy atom. The van der Waals surface area contributed by atoms with Crippen LogP contribution in [0.15, 0.2) is 71.3 Å². The minimum atomic E-state index is 0.378. The number of nitriles is 2. The lowest BCUT2D eigenvalue weighted by molar-refractivity contribution is 0.460. The molecule has 138 valence electrons. The molecule has 0 aliphatic carbocycles. The highest BCUT2D eigenvalue weighted by molar-refractivity contribution is 9.10. The lowest BCUT2D eigenvalue weighted by atomic mass is 10.1. The highest BCUT2D eigenvalue weighted by atomic mass is 79.9. The second kappa shape index (κ2) is 7.97. The number of hydrogen-bond donors (Lipinski definition) is 1. The third kappa shape index (κ3) is 4.01. The van der Waals surface area contributed by atoms with E-state index in [1.807, 2.05) is 24.3 Å².